The van der Waals surface area contributed by atoms with Crippen LogP contribution in [0.1, 0.15) is 34.7 Å². The van der Waals surface area contributed by atoms with Crippen molar-refractivity contribution in [2.45, 2.75) is 24.9 Å². The Hall–Kier alpha value is -2.09. The summed E-state index contributed by atoms with van der Waals surface area (Å²) in [5.74, 6) is -3.07. The van der Waals surface area contributed by atoms with Crippen molar-refractivity contribution in [2.75, 3.05) is 13.1 Å². The fourth-order valence-corrected chi connectivity index (χ4v) is 2.03. The van der Waals surface area contributed by atoms with Gasteiger partial charge < -0.3 is 15.5 Å². The number of piperidine rings is 1. The fourth-order valence-electron chi connectivity index (χ4n) is 2.03. The van der Waals surface area contributed by atoms with Gasteiger partial charge in [-0.3, -0.25) is 0 Å². The fraction of sp³-hybridized carbons (Fsp3) is 0.429. The molecule has 3 N–H and O–H groups in total. The van der Waals surface area contributed by atoms with Gasteiger partial charge in [0.2, 0.25) is 0 Å². The first-order valence-electron chi connectivity index (χ1n) is 6.56. The number of alkyl halides is 3. The first-order valence-corrected chi connectivity index (χ1v) is 6.56. The van der Waals surface area contributed by atoms with Crippen LogP contribution in [0.15, 0.2) is 24.3 Å². The third-order valence-corrected chi connectivity index (χ3v) is 3.17. The van der Waals surface area contributed by atoms with Crippen LogP contribution in [0, 0.1) is 0 Å². The summed E-state index contributed by atoms with van der Waals surface area (Å²) >= 11 is 0. The second-order valence-corrected chi connectivity index (χ2v) is 4.77. The minimum absolute atomic E-state index is 0.363. The predicted molar refractivity (Wildman–Crippen MR) is 71.9 cm³/mol. The van der Waals surface area contributed by atoms with E-state index in [-0.39, 0.29) is 0 Å². The maximum atomic E-state index is 10.7. The van der Waals surface area contributed by atoms with Crippen molar-refractivity contribution < 1.29 is 33.0 Å². The van der Waals surface area contributed by atoms with Gasteiger partial charge >= 0.3 is 18.1 Å². The lowest BCUT2D eigenvalue weighted by atomic mass is 9.91. The van der Waals surface area contributed by atoms with Crippen LogP contribution in [0.5, 0.6) is 0 Å². The molecule has 1 heterocycles. The molecule has 0 amide bonds. The van der Waals surface area contributed by atoms with Crippen LogP contribution in [0.2, 0.25) is 0 Å². The highest BCUT2D eigenvalue weighted by Crippen LogP contribution is 2.23. The van der Waals surface area contributed by atoms with Gasteiger partial charge in [0, 0.05) is 6.54 Å². The lowest BCUT2D eigenvalue weighted by Crippen LogP contribution is -2.28. The van der Waals surface area contributed by atoms with E-state index in [1.807, 2.05) is 12.1 Å². The molecular weight excluding hydrogens is 303 g/mol. The number of aliphatic carboxylic acids is 1. The van der Waals surface area contributed by atoms with Gasteiger partial charge in [-0.15, -0.1) is 0 Å². The molecule has 0 aromatic heterocycles. The normalized spacial score (nSPS) is 18.0. The minimum Gasteiger partial charge on any atom is -0.478 e. The number of benzene rings is 1. The zero-order valence-corrected chi connectivity index (χ0v) is 11.6. The molecule has 1 aromatic carbocycles. The Morgan fingerprint density at radius 3 is 2.05 bits per heavy atom. The molecule has 0 radical (unpaired) electrons. The highest BCUT2D eigenvalue weighted by molar-refractivity contribution is 5.87. The Morgan fingerprint density at radius 1 is 1.14 bits per heavy atom. The van der Waals surface area contributed by atoms with Gasteiger partial charge in [0.25, 0.3) is 0 Å². The second kappa shape index (κ2) is 7.79. The molecule has 1 aliphatic rings. The number of carbonyl (C=O) groups is 2. The number of hydrogen-bond donors (Lipinski definition) is 3. The summed E-state index contributed by atoms with van der Waals surface area (Å²) in [4.78, 5) is 19.6. The Balaban J connectivity index is 0.000000295. The van der Waals surface area contributed by atoms with E-state index in [9.17, 15) is 18.0 Å². The first kappa shape index (κ1) is 18.0. The highest BCUT2D eigenvalue weighted by Gasteiger charge is 2.38. The minimum atomic E-state index is -5.08. The molecule has 2 rings (SSSR count). The maximum Gasteiger partial charge on any atom is 0.490 e. The van der Waals surface area contributed by atoms with Crippen LogP contribution >= 0.6 is 0 Å². The molecule has 1 saturated heterocycles. The van der Waals surface area contributed by atoms with E-state index in [4.69, 9.17) is 15.0 Å². The summed E-state index contributed by atoms with van der Waals surface area (Å²) in [5.41, 5.74) is 1.61. The molecule has 1 aromatic rings. The van der Waals surface area contributed by atoms with Gasteiger partial charge in [-0.25, -0.2) is 9.59 Å². The monoisotopic (exact) mass is 319 g/mol. The van der Waals surface area contributed by atoms with Crippen molar-refractivity contribution >= 4 is 11.9 Å². The Kier molecular flexibility index (Phi) is 6.36. The number of carboxylic acids is 2. The van der Waals surface area contributed by atoms with Crippen molar-refractivity contribution in [3.05, 3.63) is 35.4 Å². The summed E-state index contributed by atoms with van der Waals surface area (Å²) in [7, 11) is 0. The molecule has 5 nitrogen and oxygen atoms in total. The number of rotatable bonds is 2. The molecule has 1 fully saturated rings. The van der Waals surface area contributed by atoms with E-state index in [0.29, 0.717) is 11.5 Å². The average molecular weight is 319 g/mol. The number of halogens is 3. The zero-order valence-electron chi connectivity index (χ0n) is 11.6. The van der Waals surface area contributed by atoms with E-state index in [1.54, 1.807) is 12.1 Å². The van der Waals surface area contributed by atoms with E-state index < -0.39 is 18.1 Å². The zero-order chi connectivity index (χ0) is 16.8. The SMILES string of the molecule is O=C(O)C(F)(F)F.O=C(O)c1ccc(C2CCCNC2)cc1. The predicted octanol–water partition coefficient (Wildman–Crippen LogP) is 2.49. The third kappa shape index (κ3) is 5.72. The maximum absolute atomic E-state index is 10.7. The highest BCUT2D eigenvalue weighted by atomic mass is 19.4. The van der Waals surface area contributed by atoms with Gasteiger partial charge in [0.05, 0.1) is 5.56 Å². The van der Waals surface area contributed by atoms with Crippen LogP contribution in [0.25, 0.3) is 0 Å². The molecule has 1 atom stereocenters. The number of hydrogen-bond acceptors (Lipinski definition) is 3. The lowest BCUT2D eigenvalue weighted by molar-refractivity contribution is -0.192. The summed E-state index contributed by atoms with van der Waals surface area (Å²) in [6, 6.07) is 7.24. The van der Waals surface area contributed by atoms with Crippen molar-refractivity contribution in [3.8, 4) is 0 Å². The van der Waals surface area contributed by atoms with Crippen molar-refractivity contribution in [1.29, 1.82) is 0 Å². The third-order valence-electron chi connectivity index (χ3n) is 3.17. The van der Waals surface area contributed by atoms with Crippen molar-refractivity contribution in [2.24, 2.45) is 0 Å². The van der Waals surface area contributed by atoms with E-state index >= 15 is 0 Å². The van der Waals surface area contributed by atoms with Gasteiger partial charge in [0.15, 0.2) is 0 Å². The number of carboxylic acid groups (broad SMARTS) is 2. The summed E-state index contributed by atoms with van der Waals surface area (Å²) in [6.07, 6.45) is -2.69. The molecule has 0 aliphatic carbocycles. The Bertz CT molecular complexity index is 508. The second-order valence-electron chi connectivity index (χ2n) is 4.77. The lowest BCUT2D eigenvalue weighted by Gasteiger charge is -2.23. The van der Waals surface area contributed by atoms with Gasteiger partial charge in [0.1, 0.15) is 0 Å². The topological polar surface area (TPSA) is 86.6 Å². The molecule has 8 heteroatoms. The summed E-state index contributed by atoms with van der Waals surface area (Å²) < 4.78 is 31.7. The molecule has 122 valence electrons. The largest absolute Gasteiger partial charge is 0.490 e. The molecule has 22 heavy (non-hydrogen) atoms. The van der Waals surface area contributed by atoms with Crippen LogP contribution in [0.4, 0.5) is 13.2 Å². The van der Waals surface area contributed by atoms with Crippen molar-refractivity contribution in [3.63, 3.8) is 0 Å². The van der Waals surface area contributed by atoms with Gasteiger partial charge in [-0.1, -0.05) is 12.1 Å². The smallest absolute Gasteiger partial charge is 0.478 e. The van der Waals surface area contributed by atoms with Crippen LogP contribution in [-0.4, -0.2) is 41.4 Å². The van der Waals surface area contributed by atoms with Gasteiger partial charge in [-0.05, 0) is 43.0 Å². The van der Waals surface area contributed by atoms with E-state index in [1.165, 1.54) is 18.4 Å². The van der Waals surface area contributed by atoms with Gasteiger partial charge in [-0.2, -0.15) is 13.2 Å². The van der Waals surface area contributed by atoms with E-state index in [0.717, 1.165) is 13.1 Å². The van der Waals surface area contributed by atoms with Crippen molar-refractivity contribution in [1.82, 2.24) is 5.32 Å². The number of nitrogens with one attached hydrogen (secondary N) is 1. The summed E-state index contributed by atoms with van der Waals surface area (Å²) in [6.45, 7) is 2.11. The molecule has 0 bridgehead atoms. The standard InChI is InChI=1S/C12H15NO2.C2HF3O2/c14-12(15)10-5-3-9(4-6-10)11-2-1-7-13-8-11;3-2(4,5)1(6)7/h3-6,11,13H,1-2,7-8H2,(H,14,15);(H,6,7). The molecule has 1 aliphatic heterocycles. The first-order chi connectivity index (χ1) is 10.2. The molecular formula is C14H16F3NO4. The summed E-state index contributed by atoms with van der Waals surface area (Å²) in [5, 5.41) is 19.3. The average Bonchev–Trinajstić information content (AvgIpc) is 2.48. The molecule has 0 spiro atoms. The quantitative estimate of drug-likeness (QED) is 0.779. The molecule has 0 saturated carbocycles. The van der Waals surface area contributed by atoms with E-state index in [2.05, 4.69) is 5.32 Å². The van der Waals surface area contributed by atoms with Crippen LogP contribution in [0.3, 0.4) is 0 Å². The van der Waals surface area contributed by atoms with Crippen LogP contribution < -0.4 is 5.32 Å². The number of aromatic carboxylic acids is 1. The Morgan fingerprint density at radius 2 is 1.68 bits per heavy atom. The molecule has 1 unspecified atom stereocenters. The Labute approximate surface area is 124 Å². The van der Waals surface area contributed by atoms with Crippen LogP contribution in [-0.2, 0) is 4.79 Å².